The van der Waals surface area contributed by atoms with Crippen molar-refractivity contribution < 1.29 is 22.7 Å². The van der Waals surface area contributed by atoms with E-state index >= 15 is 0 Å². The van der Waals surface area contributed by atoms with E-state index in [1.165, 1.54) is 9.87 Å². The molecule has 0 spiro atoms. The van der Waals surface area contributed by atoms with E-state index in [9.17, 15) is 13.2 Å². The number of ether oxygens (including phenoxy) is 2. The fourth-order valence-corrected chi connectivity index (χ4v) is 5.90. The van der Waals surface area contributed by atoms with Crippen LogP contribution in [0.1, 0.15) is 30.4 Å². The van der Waals surface area contributed by atoms with Crippen molar-refractivity contribution in [1.29, 1.82) is 0 Å². The number of hydrogen-bond donors (Lipinski definition) is 1. The molecule has 0 radical (unpaired) electrons. The quantitative estimate of drug-likeness (QED) is 0.739. The van der Waals surface area contributed by atoms with Gasteiger partial charge in [0.05, 0.1) is 19.1 Å². The van der Waals surface area contributed by atoms with Crippen LogP contribution in [0, 0.1) is 5.92 Å². The molecule has 2 aromatic carbocycles. The van der Waals surface area contributed by atoms with E-state index in [-0.39, 0.29) is 11.8 Å². The Morgan fingerprint density at radius 3 is 2.39 bits per heavy atom. The normalized spacial score (nSPS) is 17.2. The lowest BCUT2D eigenvalue weighted by Gasteiger charge is -2.30. The number of rotatable bonds is 6. The number of amides is 1. The Kier molecular flexibility index (Phi) is 6.20. The Balaban J connectivity index is 1.38. The number of nitrogens with one attached hydrogen (secondary N) is 1. The lowest BCUT2D eigenvalue weighted by Crippen LogP contribution is -2.41. The summed E-state index contributed by atoms with van der Waals surface area (Å²) < 4.78 is 38.2. The Bertz CT molecular complexity index is 1080. The van der Waals surface area contributed by atoms with Crippen LogP contribution in [0.2, 0.25) is 0 Å². The van der Waals surface area contributed by atoms with Crippen LogP contribution in [0.3, 0.4) is 0 Å². The number of anilines is 1. The average molecular weight is 445 g/mol. The summed E-state index contributed by atoms with van der Waals surface area (Å²) in [5.41, 5.74) is 3.02. The van der Waals surface area contributed by atoms with Crippen LogP contribution in [0.4, 0.5) is 5.69 Å². The molecule has 1 aliphatic carbocycles. The summed E-state index contributed by atoms with van der Waals surface area (Å²) in [5.74, 6) is 0.780. The molecule has 1 N–H and O–H groups in total. The van der Waals surface area contributed by atoms with E-state index in [1.807, 2.05) is 12.1 Å². The standard InChI is InChI=1S/C23H28N2O5S/c1-29-21-9-7-19(15-22(21)30-2)24-23(26)17-10-12-25(13-11-17)31(27,28)20-8-6-16-4-3-5-18(16)14-20/h6-9,14-15,17H,3-5,10-13H2,1-2H3,(H,24,26). The van der Waals surface area contributed by atoms with Crippen molar-refractivity contribution in [3.8, 4) is 11.5 Å². The highest BCUT2D eigenvalue weighted by molar-refractivity contribution is 7.89. The lowest BCUT2D eigenvalue weighted by atomic mass is 9.97. The largest absolute Gasteiger partial charge is 0.493 e. The van der Waals surface area contributed by atoms with Gasteiger partial charge in [0.2, 0.25) is 15.9 Å². The third-order valence-corrected chi connectivity index (χ3v) is 8.08. The average Bonchev–Trinajstić information content (AvgIpc) is 3.27. The maximum Gasteiger partial charge on any atom is 0.243 e. The van der Waals surface area contributed by atoms with Crippen LogP contribution < -0.4 is 14.8 Å². The van der Waals surface area contributed by atoms with Crippen LogP contribution in [0.25, 0.3) is 0 Å². The van der Waals surface area contributed by atoms with Gasteiger partial charge in [-0.3, -0.25) is 4.79 Å². The number of carbonyl (C=O) groups excluding carboxylic acids is 1. The first-order chi connectivity index (χ1) is 14.9. The molecule has 2 aromatic rings. The number of fused-ring (bicyclic) bond motifs is 1. The smallest absolute Gasteiger partial charge is 0.243 e. The number of piperidine rings is 1. The van der Waals surface area contributed by atoms with Gasteiger partial charge < -0.3 is 14.8 Å². The summed E-state index contributed by atoms with van der Waals surface area (Å²) in [5, 5.41) is 2.91. The first kappa shape index (κ1) is 21.6. The monoisotopic (exact) mass is 444 g/mol. The molecule has 0 atom stereocenters. The minimum absolute atomic E-state index is 0.109. The Morgan fingerprint density at radius 1 is 0.968 bits per heavy atom. The number of methoxy groups -OCH3 is 2. The molecule has 166 valence electrons. The van der Waals surface area contributed by atoms with Crippen molar-refractivity contribution in [2.45, 2.75) is 37.0 Å². The Morgan fingerprint density at radius 2 is 1.68 bits per heavy atom. The zero-order chi connectivity index (χ0) is 22.0. The second kappa shape index (κ2) is 8.88. The van der Waals surface area contributed by atoms with Gasteiger partial charge >= 0.3 is 0 Å². The van der Waals surface area contributed by atoms with Crippen molar-refractivity contribution in [2.24, 2.45) is 5.92 Å². The van der Waals surface area contributed by atoms with E-state index in [0.29, 0.717) is 48.0 Å². The second-order valence-corrected chi connectivity index (χ2v) is 9.96. The van der Waals surface area contributed by atoms with Crippen LogP contribution in [-0.4, -0.2) is 45.9 Å². The highest BCUT2D eigenvalue weighted by Crippen LogP contribution is 2.31. The summed E-state index contributed by atoms with van der Waals surface area (Å²) in [6, 6.07) is 10.7. The fourth-order valence-electron chi connectivity index (χ4n) is 4.37. The first-order valence-electron chi connectivity index (χ1n) is 10.6. The molecule has 0 saturated carbocycles. The highest BCUT2D eigenvalue weighted by Gasteiger charge is 2.32. The Labute approximate surface area is 183 Å². The van der Waals surface area contributed by atoms with Gasteiger partial charge in [-0.1, -0.05) is 6.07 Å². The number of nitrogens with zero attached hydrogens (tertiary/aromatic N) is 1. The molecular formula is C23H28N2O5S. The van der Waals surface area contributed by atoms with Crippen molar-refractivity contribution in [1.82, 2.24) is 4.31 Å². The number of sulfonamides is 1. The fraction of sp³-hybridized carbons (Fsp3) is 0.435. The van der Waals surface area contributed by atoms with E-state index in [0.717, 1.165) is 24.8 Å². The van der Waals surface area contributed by atoms with Gasteiger partial charge in [0, 0.05) is 30.8 Å². The predicted molar refractivity (Wildman–Crippen MR) is 118 cm³/mol. The Hall–Kier alpha value is -2.58. The molecule has 0 bridgehead atoms. The van der Waals surface area contributed by atoms with Crippen molar-refractivity contribution in [3.05, 3.63) is 47.5 Å². The maximum absolute atomic E-state index is 13.1. The zero-order valence-electron chi connectivity index (χ0n) is 17.9. The van der Waals surface area contributed by atoms with E-state index in [4.69, 9.17) is 9.47 Å². The minimum atomic E-state index is -3.54. The van der Waals surface area contributed by atoms with Crippen molar-refractivity contribution in [2.75, 3.05) is 32.6 Å². The van der Waals surface area contributed by atoms with Gasteiger partial charge in [0.15, 0.2) is 11.5 Å². The minimum Gasteiger partial charge on any atom is -0.493 e. The van der Waals surface area contributed by atoms with Crippen LogP contribution in [0.5, 0.6) is 11.5 Å². The van der Waals surface area contributed by atoms with Gasteiger partial charge in [-0.05, 0) is 67.5 Å². The lowest BCUT2D eigenvalue weighted by molar-refractivity contribution is -0.120. The van der Waals surface area contributed by atoms with Crippen LogP contribution >= 0.6 is 0 Å². The third kappa shape index (κ3) is 4.41. The molecule has 1 amide bonds. The molecule has 1 heterocycles. The predicted octanol–water partition coefficient (Wildman–Crippen LogP) is 3.23. The molecule has 1 aliphatic heterocycles. The number of benzene rings is 2. The van der Waals surface area contributed by atoms with Crippen molar-refractivity contribution >= 4 is 21.6 Å². The summed E-state index contributed by atoms with van der Waals surface area (Å²) in [6.07, 6.45) is 4.03. The topological polar surface area (TPSA) is 84.9 Å². The van der Waals surface area contributed by atoms with E-state index in [2.05, 4.69) is 5.32 Å². The summed E-state index contributed by atoms with van der Waals surface area (Å²) in [4.78, 5) is 13.1. The van der Waals surface area contributed by atoms with Crippen molar-refractivity contribution in [3.63, 3.8) is 0 Å². The zero-order valence-corrected chi connectivity index (χ0v) is 18.7. The molecule has 8 heteroatoms. The number of hydrogen-bond acceptors (Lipinski definition) is 5. The molecule has 7 nitrogen and oxygen atoms in total. The SMILES string of the molecule is COc1ccc(NC(=O)C2CCN(S(=O)(=O)c3ccc4c(c3)CCC4)CC2)cc1OC. The molecule has 4 rings (SSSR count). The van der Waals surface area contributed by atoms with E-state index in [1.54, 1.807) is 38.5 Å². The molecule has 1 fully saturated rings. The molecule has 0 unspecified atom stereocenters. The second-order valence-electron chi connectivity index (χ2n) is 8.02. The number of carbonyl (C=O) groups is 1. The summed E-state index contributed by atoms with van der Waals surface area (Å²) in [6.45, 7) is 0.673. The van der Waals surface area contributed by atoms with Crippen LogP contribution in [0.15, 0.2) is 41.3 Å². The van der Waals surface area contributed by atoms with Gasteiger partial charge in [-0.2, -0.15) is 4.31 Å². The van der Waals surface area contributed by atoms with Gasteiger partial charge in [0.1, 0.15) is 0 Å². The van der Waals surface area contributed by atoms with E-state index < -0.39 is 10.0 Å². The maximum atomic E-state index is 13.1. The highest BCUT2D eigenvalue weighted by atomic mass is 32.2. The first-order valence-corrected chi connectivity index (χ1v) is 12.0. The van der Waals surface area contributed by atoms with Crippen LogP contribution in [-0.2, 0) is 27.7 Å². The summed E-state index contributed by atoms with van der Waals surface area (Å²) >= 11 is 0. The molecule has 31 heavy (non-hydrogen) atoms. The molecule has 1 saturated heterocycles. The molecular weight excluding hydrogens is 416 g/mol. The molecule has 2 aliphatic rings. The molecule has 0 aromatic heterocycles. The third-order valence-electron chi connectivity index (χ3n) is 6.18. The summed E-state index contributed by atoms with van der Waals surface area (Å²) in [7, 11) is -0.439. The number of aryl methyl sites for hydroxylation is 2. The van der Waals surface area contributed by atoms with Gasteiger partial charge in [-0.15, -0.1) is 0 Å². The van der Waals surface area contributed by atoms with Gasteiger partial charge in [-0.25, -0.2) is 8.42 Å². The van der Waals surface area contributed by atoms with Gasteiger partial charge in [0.25, 0.3) is 0 Å².